The lowest BCUT2D eigenvalue weighted by molar-refractivity contribution is 0.415. The molecule has 6 heteroatoms. The van der Waals surface area contributed by atoms with Crippen molar-refractivity contribution in [3.8, 4) is 5.75 Å². The molecule has 0 bridgehead atoms. The number of rotatable bonds is 3. The minimum absolute atomic E-state index is 0.0882. The molecular weight excluding hydrogens is 220 g/mol. The quantitative estimate of drug-likeness (QED) is 0.737. The van der Waals surface area contributed by atoms with Gasteiger partial charge in [0.1, 0.15) is 11.4 Å². The van der Waals surface area contributed by atoms with Crippen LogP contribution in [0.15, 0.2) is 35.3 Å². The van der Waals surface area contributed by atoms with Crippen LogP contribution in [-0.4, -0.2) is 17.1 Å². The first kappa shape index (κ1) is 11.0. The molecule has 2 rings (SSSR count). The number of hydrogen-bond acceptors (Lipinski definition) is 5. The van der Waals surface area contributed by atoms with Gasteiger partial charge in [-0.05, 0) is 24.3 Å². The number of nitrogens with zero attached hydrogens (tertiary/aromatic N) is 1. The maximum absolute atomic E-state index is 11.2. The smallest absolute Gasteiger partial charge is 0.275 e. The fourth-order valence-electron chi connectivity index (χ4n) is 1.28. The van der Waals surface area contributed by atoms with Gasteiger partial charge in [0, 0.05) is 5.69 Å². The van der Waals surface area contributed by atoms with Crippen LogP contribution < -0.4 is 21.3 Å². The molecule has 0 aliphatic carbocycles. The average Bonchev–Trinajstić information content (AvgIpc) is 2.35. The first-order valence-corrected chi connectivity index (χ1v) is 4.95. The Bertz CT molecular complexity index is 562. The summed E-state index contributed by atoms with van der Waals surface area (Å²) in [6, 6.07) is 7.24. The van der Waals surface area contributed by atoms with E-state index in [-0.39, 0.29) is 11.2 Å². The third-order valence-corrected chi connectivity index (χ3v) is 2.18. The van der Waals surface area contributed by atoms with Crippen LogP contribution in [0.4, 0.5) is 17.3 Å². The normalized spacial score (nSPS) is 9.94. The van der Waals surface area contributed by atoms with Gasteiger partial charge >= 0.3 is 0 Å². The number of anilines is 3. The van der Waals surface area contributed by atoms with E-state index in [0.717, 1.165) is 11.4 Å². The molecule has 0 saturated heterocycles. The lowest BCUT2D eigenvalue weighted by Crippen LogP contribution is -2.14. The number of nitrogens with one attached hydrogen (secondary N) is 2. The van der Waals surface area contributed by atoms with Crippen molar-refractivity contribution in [2.45, 2.75) is 0 Å². The maximum Gasteiger partial charge on any atom is 0.275 e. The average molecular weight is 232 g/mol. The first-order chi connectivity index (χ1) is 8.19. The Balaban J connectivity index is 2.19. The minimum Gasteiger partial charge on any atom is -0.497 e. The second kappa shape index (κ2) is 4.56. The predicted octanol–water partition coefficient (Wildman–Crippen LogP) is 1.10. The van der Waals surface area contributed by atoms with Gasteiger partial charge in [0.05, 0.1) is 13.3 Å². The van der Waals surface area contributed by atoms with Gasteiger partial charge in [-0.1, -0.05) is 0 Å². The molecule has 2 aromatic rings. The van der Waals surface area contributed by atoms with Crippen LogP contribution in [0.25, 0.3) is 0 Å². The Morgan fingerprint density at radius 1 is 1.35 bits per heavy atom. The second-order valence-electron chi connectivity index (χ2n) is 3.37. The number of aromatic nitrogens is 2. The largest absolute Gasteiger partial charge is 0.497 e. The Morgan fingerprint density at radius 3 is 2.65 bits per heavy atom. The van der Waals surface area contributed by atoms with Crippen LogP contribution in [0.2, 0.25) is 0 Å². The highest BCUT2D eigenvalue weighted by molar-refractivity contribution is 5.54. The van der Waals surface area contributed by atoms with E-state index in [2.05, 4.69) is 15.3 Å². The van der Waals surface area contributed by atoms with Crippen molar-refractivity contribution in [2.24, 2.45) is 0 Å². The van der Waals surface area contributed by atoms with Crippen LogP contribution in [0.1, 0.15) is 0 Å². The summed E-state index contributed by atoms with van der Waals surface area (Å²) in [7, 11) is 1.60. The monoisotopic (exact) mass is 232 g/mol. The molecule has 0 unspecified atom stereocenters. The molecule has 4 N–H and O–H groups in total. The van der Waals surface area contributed by atoms with Gasteiger partial charge in [-0.2, -0.15) is 0 Å². The summed E-state index contributed by atoms with van der Waals surface area (Å²) in [6.45, 7) is 0. The van der Waals surface area contributed by atoms with Gasteiger partial charge in [0.15, 0.2) is 0 Å². The highest BCUT2D eigenvalue weighted by atomic mass is 16.5. The van der Waals surface area contributed by atoms with Crippen LogP contribution in [-0.2, 0) is 0 Å². The Hall–Kier alpha value is -2.50. The third-order valence-electron chi connectivity index (χ3n) is 2.18. The van der Waals surface area contributed by atoms with E-state index in [1.54, 1.807) is 19.2 Å². The summed E-state index contributed by atoms with van der Waals surface area (Å²) in [5, 5.41) is 2.95. The lowest BCUT2D eigenvalue weighted by Gasteiger charge is -2.06. The van der Waals surface area contributed by atoms with Crippen molar-refractivity contribution in [1.82, 2.24) is 9.97 Å². The molecule has 0 saturated carbocycles. The van der Waals surface area contributed by atoms with E-state index in [9.17, 15) is 4.79 Å². The van der Waals surface area contributed by atoms with E-state index in [0.29, 0.717) is 5.95 Å². The van der Waals surface area contributed by atoms with Gasteiger partial charge in [0.2, 0.25) is 5.95 Å². The first-order valence-electron chi connectivity index (χ1n) is 4.95. The standard InChI is InChI=1S/C11H12N4O2/c1-17-8-4-2-7(3-5-8)14-11-13-6-9(12)10(16)15-11/h2-6H,12H2,1H3,(H2,13,14,15,16). The number of aromatic amines is 1. The summed E-state index contributed by atoms with van der Waals surface area (Å²) >= 11 is 0. The summed E-state index contributed by atoms with van der Waals surface area (Å²) < 4.78 is 5.04. The molecule has 1 aromatic carbocycles. The number of nitrogens with two attached hydrogens (primary N) is 1. The van der Waals surface area contributed by atoms with Gasteiger partial charge in [-0.25, -0.2) is 4.98 Å². The second-order valence-corrected chi connectivity index (χ2v) is 3.37. The van der Waals surface area contributed by atoms with Crippen LogP contribution in [0, 0.1) is 0 Å². The molecule has 6 nitrogen and oxygen atoms in total. The topological polar surface area (TPSA) is 93.0 Å². The highest BCUT2D eigenvalue weighted by Gasteiger charge is 1.99. The van der Waals surface area contributed by atoms with Crippen molar-refractivity contribution < 1.29 is 4.74 Å². The summed E-state index contributed by atoms with van der Waals surface area (Å²) in [6.07, 6.45) is 1.31. The van der Waals surface area contributed by atoms with Gasteiger partial charge in [-0.15, -0.1) is 0 Å². The van der Waals surface area contributed by atoms with E-state index < -0.39 is 0 Å². The molecular formula is C11H12N4O2. The molecule has 0 atom stereocenters. The van der Waals surface area contributed by atoms with Crippen molar-refractivity contribution in [2.75, 3.05) is 18.2 Å². The highest BCUT2D eigenvalue weighted by Crippen LogP contribution is 2.17. The van der Waals surface area contributed by atoms with Crippen LogP contribution >= 0.6 is 0 Å². The van der Waals surface area contributed by atoms with Crippen molar-refractivity contribution >= 4 is 17.3 Å². The number of nitrogen functional groups attached to an aromatic ring is 1. The number of ether oxygens (including phenoxy) is 1. The van der Waals surface area contributed by atoms with Gasteiger partial charge in [0.25, 0.3) is 5.56 Å². The Labute approximate surface area is 97.5 Å². The number of H-pyrrole nitrogens is 1. The SMILES string of the molecule is COc1ccc(Nc2ncc(N)c(=O)[nH]2)cc1. The number of hydrogen-bond donors (Lipinski definition) is 3. The molecule has 0 spiro atoms. The number of methoxy groups -OCH3 is 1. The third kappa shape index (κ3) is 2.54. The molecule has 17 heavy (non-hydrogen) atoms. The minimum atomic E-state index is -0.365. The van der Waals surface area contributed by atoms with Crippen molar-refractivity contribution in [1.29, 1.82) is 0 Å². The fourth-order valence-corrected chi connectivity index (χ4v) is 1.28. The van der Waals surface area contributed by atoms with Crippen molar-refractivity contribution in [3.63, 3.8) is 0 Å². The van der Waals surface area contributed by atoms with E-state index in [1.807, 2.05) is 12.1 Å². The molecule has 88 valence electrons. The summed E-state index contributed by atoms with van der Waals surface area (Å²) in [5.74, 6) is 1.10. The maximum atomic E-state index is 11.2. The molecule has 0 aliphatic heterocycles. The molecule has 0 radical (unpaired) electrons. The molecule has 1 heterocycles. The van der Waals surface area contributed by atoms with E-state index in [4.69, 9.17) is 10.5 Å². The van der Waals surface area contributed by atoms with Crippen molar-refractivity contribution in [3.05, 3.63) is 40.8 Å². The Morgan fingerprint density at radius 2 is 2.06 bits per heavy atom. The molecule has 0 fully saturated rings. The summed E-state index contributed by atoms with van der Waals surface area (Å²) in [4.78, 5) is 17.7. The zero-order valence-corrected chi connectivity index (χ0v) is 9.23. The zero-order valence-electron chi connectivity index (χ0n) is 9.23. The number of benzene rings is 1. The van der Waals surface area contributed by atoms with Gasteiger partial charge < -0.3 is 15.8 Å². The lowest BCUT2D eigenvalue weighted by atomic mass is 10.3. The zero-order chi connectivity index (χ0) is 12.3. The fraction of sp³-hybridized carbons (Fsp3) is 0.0909. The van der Waals surface area contributed by atoms with E-state index in [1.165, 1.54) is 6.20 Å². The van der Waals surface area contributed by atoms with Crippen LogP contribution in [0.3, 0.4) is 0 Å². The van der Waals surface area contributed by atoms with E-state index >= 15 is 0 Å². The molecule has 0 aliphatic rings. The predicted molar refractivity (Wildman–Crippen MR) is 65.5 cm³/mol. The Kier molecular flexibility index (Phi) is 2.95. The van der Waals surface area contributed by atoms with Crippen LogP contribution in [0.5, 0.6) is 5.75 Å². The van der Waals surface area contributed by atoms with Gasteiger partial charge in [-0.3, -0.25) is 9.78 Å². The summed E-state index contributed by atoms with van der Waals surface area (Å²) in [5.41, 5.74) is 5.88. The molecule has 1 aromatic heterocycles. The molecule has 0 amide bonds.